The molecule has 0 aliphatic heterocycles. The lowest BCUT2D eigenvalue weighted by Crippen LogP contribution is -2.40. The Bertz CT molecular complexity index is 276. The number of hydrogen-bond acceptors (Lipinski definition) is 3. The molecule has 0 aromatic rings. The zero-order valence-electron chi connectivity index (χ0n) is 11.2. The van der Waals surface area contributed by atoms with Gasteiger partial charge in [-0.3, -0.25) is 0 Å². The third-order valence-corrected chi connectivity index (χ3v) is 4.88. The lowest BCUT2D eigenvalue weighted by molar-refractivity contribution is 0.421. The van der Waals surface area contributed by atoms with Crippen molar-refractivity contribution in [3.05, 3.63) is 0 Å². The lowest BCUT2D eigenvalue weighted by atomic mass is 10.1. The molecule has 0 fully saturated rings. The second-order valence-corrected chi connectivity index (χ2v) is 7.13. The van der Waals surface area contributed by atoms with E-state index in [-0.39, 0.29) is 5.25 Å². The summed E-state index contributed by atoms with van der Waals surface area (Å²) in [6, 6.07) is 0. The van der Waals surface area contributed by atoms with Crippen LogP contribution in [0.2, 0.25) is 0 Å². The molecule has 1 N–H and O–H groups in total. The van der Waals surface area contributed by atoms with Crippen molar-refractivity contribution in [2.75, 3.05) is 26.7 Å². The van der Waals surface area contributed by atoms with E-state index in [9.17, 15) is 8.42 Å². The molecular formula is C11H26N2O2S. The minimum atomic E-state index is -3.14. The van der Waals surface area contributed by atoms with Crippen molar-refractivity contribution in [3.8, 4) is 0 Å². The van der Waals surface area contributed by atoms with Gasteiger partial charge < -0.3 is 5.32 Å². The summed E-state index contributed by atoms with van der Waals surface area (Å²) in [5, 5.41) is 2.71. The van der Waals surface area contributed by atoms with Crippen LogP contribution < -0.4 is 5.32 Å². The molecule has 1 unspecified atom stereocenters. The Kier molecular flexibility index (Phi) is 7.19. The van der Waals surface area contributed by atoms with E-state index < -0.39 is 10.0 Å². The number of hydrogen-bond donors (Lipinski definition) is 1. The minimum Gasteiger partial charge on any atom is -0.316 e. The molecule has 0 aliphatic carbocycles. The van der Waals surface area contributed by atoms with Crippen LogP contribution in [-0.4, -0.2) is 44.7 Å². The van der Waals surface area contributed by atoms with Gasteiger partial charge in [-0.1, -0.05) is 20.8 Å². The highest BCUT2D eigenvalue weighted by atomic mass is 32.2. The van der Waals surface area contributed by atoms with Crippen molar-refractivity contribution in [2.45, 2.75) is 39.4 Å². The first-order chi connectivity index (χ1) is 7.32. The Hall–Kier alpha value is -0.130. The molecular weight excluding hydrogens is 224 g/mol. The Balaban J connectivity index is 4.29. The molecule has 0 aromatic carbocycles. The van der Waals surface area contributed by atoms with Gasteiger partial charge >= 0.3 is 0 Å². The van der Waals surface area contributed by atoms with Crippen molar-refractivity contribution >= 4 is 10.0 Å². The third kappa shape index (κ3) is 5.27. The molecule has 0 spiro atoms. The van der Waals surface area contributed by atoms with Gasteiger partial charge in [-0.25, -0.2) is 12.7 Å². The SMILES string of the molecule is CCNCC(C)S(=O)(=O)N(C)CCC(C)C. The standard InChI is InChI=1S/C11H26N2O2S/c1-6-12-9-11(4)16(14,15)13(5)8-7-10(2)3/h10-12H,6-9H2,1-5H3. The Morgan fingerprint density at radius 1 is 1.25 bits per heavy atom. The Morgan fingerprint density at radius 3 is 2.25 bits per heavy atom. The molecule has 98 valence electrons. The van der Waals surface area contributed by atoms with Gasteiger partial charge in [0.1, 0.15) is 0 Å². The zero-order valence-corrected chi connectivity index (χ0v) is 12.0. The van der Waals surface area contributed by atoms with Crippen LogP contribution >= 0.6 is 0 Å². The lowest BCUT2D eigenvalue weighted by Gasteiger charge is -2.22. The molecule has 0 heterocycles. The molecule has 0 rings (SSSR count). The van der Waals surface area contributed by atoms with Crippen LogP contribution in [0.1, 0.15) is 34.1 Å². The van der Waals surface area contributed by atoms with Gasteiger partial charge in [-0.05, 0) is 25.8 Å². The molecule has 0 saturated heterocycles. The first kappa shape index (κ1) is 15.9. The first-order valence-electron chi connectivity index (χ1n) is 5.98. The van der Waals surface area contributed by atoms with Gasteiger partial charge in [0.05, 0.1) is 5.25 Å². The van der Waals surface area contributed by atoms with Gasteiger partial charge in [0, 0.05) is 20.1 Å². The van der Waals surface area contributed by atoms with E-state index in [0.717, 1.165) is 13.0 Å². The maximum Gasteiger partial charge on any atom is 0.217 e. The smallest absolute Gasteiger partial charge is 0.217 e. The van der Waals surface area contributed by atoms with Gasteiger partial charge in [-0.15, -0.1) is 0 Å². The van der Waals surface area contributed by atoms with E-state index >= 15 is 0 Å². The van der Waals surface area contributed by atoms with Crippen molar-refractivity contribution in [3.63, 3.8) is 0 Å². The molecule has 5 heteroatoms. The van der Waals surface area contributed by atoms with Crippen molar-refractivity contribution < 1.29 is 8.42 Å². The van der Waals surface area contributed by atoms with E-state index in [2.05, 4.69) is 19.2 Å². The Morgan fingerprint density at radius 2 is 1.81 bits per heavy atom. The van der Waals surface area contributed by atoms with Crippen molar-refractivity contribution in [1.82, 2.24) is 9.62 Å². The van der Waals surface area contributed by atoms with Crippen molar-refractivity contribution in [1.29, 1.82) is 0 Å². The molecule has 0 saturated carbocycles. The largest absolute Gasteiger partial charge is 0.316 e. The van der Waals surface area contributed by atoms with E-state index in [1.807, 2.05) is 6.92 Å². The number of rotatable bonds is 8. The topological polar surface area (TPSA) is 49.4 Å². The first-order valence-corrected chi connectivity index (χ1v) is 7.48. The summed E-state index contributed by atoms with van der Waals surface area (Å²) < 4.78 is 25.6. The van der Waals surface area contributed by atoms with Crippen LogP contribution in [0.4, 0.5) is 0 Å². The monoisotopic (exact) mass is 250 g/mol. The average Bonchev–Trinajstić information content (AvgIpc) is 2.21. The fraction of sp³-hybridized carbons (Fsp3) is 1.00. The molecule has 0 aromatic heterocycles. The summed E-state index contributed by atoms with van der Waals surface area (Å²) >= 11 is 0. The van der Waals surface area contributed by atoms with Gasteiger partial charge in [-0.2, -0.15) is 0 Å². The number of nitrogens with one attached hydrogen (secondary N) is 1. The molecule has 0 aliphatic rings. The maximum atomic E-state index is 12.0. The normalized spacial score (nSPS) is 14.7. The quantitative estimate of drug-likeness (QED) is 0.706. The predicted molar refractivity (Wildman–Crippen MR) is 69.0 cm³/mol. The molecule has 4 nitrogen and oxygen atoms in total. The van der Waals surface area contributed by atoms with E-state index in [1.165, 1.54) is 4.31 Å². The summed E-state index contributed by atoms with van der Waals surface area (Å²) in [5.74, 6) is 0.529. The molecule has 16 heavy (non-hydrogen) atoms. The summed E-state index contributed by atoms with van der Waals surface area (Å²) in [4.78, 5) is 0. The van der Waals surface area contributed by atoms with Crippen LogP contribution in [0.5, 0.6) is 0 Å². The predicted octanol–water partition coefficient (Wildman–Crippen LogP) is 1.29. The fourth-order valence-electron chi connectivity index (χ4n) is 1.33. The minimum absolute atomic E-state index is 0.357. The van der Waals surface area contributed by atoms with E-state index in [1.54, 1.807) is 14.0 Å². The average molecular weight is 250 g/mol. The van der Waals surface area contributed by atoms with Crippen LogP contribution in [0.25, 0.3) is 0 Å². The second-order valence-electron chi connectivity index (χ2n) is 4.67. The van der Waals surface area contributed by atoms with Crippen LogP contribution in [0.15, 0.2) is 0 Å². The molecule has 0 bridgehead atoms. The fourth-order valence-corrected chi connectivity index (χ4v) is 2.63. The third-order valence-electron chi connectivity index (χ3n) is 2.65. The zero-order chi connectivity index (χ0) is 12.8. The van der Waals surface area contributed by atoms with Crippen LogP contribution in [0, 0.1) is 5.92 Å². The second kappa shape index (κ2) is 7.25. The number of nitrogens with zero attached hydrogens (tertiary/aromatic N) is 1. The molecule has 0 radical (unpaired) electrons. The summed E-state index contributed by atoms with van der Waals surface area (Å²) in [7, 11) is -1.47. The van der Waals surface area contributed by atoms with Crippen molar-refractivity contribution in [2.24, 2.45) is 5.92 Å². The highest BCUT2D eigenvalue weighted by molar-refractivity contribution is 7.89. The van der Waals surface area contributed by atoms with Gasteiger partial charge in [0.15, 0.2) is 0 Å². The maximum absolute atomic E-state index is 12.0. The van der Waals surface area contributed by atoms with E-state index in [4.69, 9.17) is 0 Å². The molecule has 0 amide bonds. The summed E-state index contributed by atoms with van der Waals surface area (Å²) in [5.41, 5.74) is 0. The van der Waals surface area contributed by atoms with Crippen LogP contribution in [-0.2, 0) is 10.0 Å². The van der Waals surface area contributed by atoms with Gasteiger partial charge in [0.2, 0.25) is 10.0 Å². The molecule has 1 atom stereocenters. The summed E-state index contributed by atoms with van der Waals surface area (Å²) in [6.45, 7) is 9.85. The number of sulfonamides is 1. The van der Waals surface area contributed by atoms with Crippen LogP contribution in [0.3, 0.4) is 0 Å². The summed E-state index contributed by atoms with van der Waals surface area (Å²) in [6.07, 6.45) is 0.906. The Labute approximate surface area is 100 Å². The highest BCUT2D eigenvalue weighted by Gasteiger charge is 2.25. The highest BCUT2D eigenvalue weighted by Crippen LogP contribution is 2.09. The van der Waals surface area contributed by atoms with Gasteiger partial charge in [0.25, 0.3) is 0 Å². The van der Waals surface area contributed by atoms with E-state index in [0.29, 0.717) is 19.0 Å².